The first kappa shape index (κ1) is 27.6. The molecule has 1 amide bonds. The number of aliphatic hydroxyl groups excluding tert-OH is 1. The lowest BCUT2D eigenvalue weighted by Gasteiger charge is -2.23. The van der Waals surface area contributed by atoms with Gasteiger partial charge in [0.05, 0.1) is 43.8 Å². The molecule has 6 rings (SSSR count). The molecule has 5 heterocycles. The number of carbonyl (C=O) groups is 1. The second-order valence-electron chi connectivity index (χ2n) is 10.5. The van der Waals surface area contributed by atoms with Crippen molar-refractivity contribution in [2.45, 2.75) is 37.7 Å². The Morgan fingerprint density at radius 3 is 2.67 bits per heavy atom. The van der Waals surface area contributed by atoms with E-state index >= 15 is 0 Å². The standard InChI is InChI=1S/C31H31N5O6/c1-36(9-10-37)31(38)19-13-26(39-2)29(34-16-19)27-14-23-30(42-27)28(21(17-33-23)18-3-4-18)22-5-6-25(24(15-32)35-22)41-20-7-11-40-12-8-20/h5-6,13-14,16-18,20,37H,3-4,7-12H2,1-2H3. The van der Waals surface area contributed by atoms with Crippen molar-refractivity contribution in [3.8, 4) is 40.3 Å². The maximum Gasteiger partial charge on any atom is 0.255 e. The number of pyridine rings is 3. The highest BCUT2D eigenvalue weighted by Gasteiger charge is 2.31. The highest BCUT2D eigenvalue weighted by Crippen LogP contribution is 2.47. The minimum absolute atomic E-state index is 0.0139. The number of rotatable bonds is 9. The summed E-state index contributed by atoms with van der Waals surface area (Å²) in [6.07, 6.45) is 6.93. The van der Waals surface area contributed by atoms with Crippen LogP contribution in [0.5, 0.6) is 11.5 Å². The fourth-order valence-electron chi connectivity index (χ4n) is 5.18. The number of carbonyl (C=O) groups excluding carboxylic acids is 1. The number of furan rings is 1. The molecule has 216 valence electrons. The quantitative estimate of drug-likeness (QED) is 0.309. The van der Waals surface area contributed by atoms with Gasteiger partial charge in [0, 0.05) is 44.9 Å². The number of fused-ring (bicyclic) bond motifs is 1. The van der Waals surface area contributed by atoms with Crippen molar-refractivity contribution >= 4 is 17.0 Å². The number of hydrogen-bond acceptors (Lipinski definition) is 10. The number of aromatic nitrogens is 3. The summed E-state index contributed by atoms with van der Waals surface area (Å²) in [7, 11) is 3.11. The molecule has 0 aromatic carbocycles. The van der Waals surface area contributed by atoms with Crippen molar-refractivity contribution in [1.29, 1.82) is 5.26 Å². The van der Waals surface area contributed by atoms with Gasteiger partial charge >= 0.3 is 0 Å². The molecule has 0 unspecified atom stereocenters. The molecule has 0 spiro atoms. The number of aliphatic hydroxyl groups is 1. The summed E-state index contributed by atoms with van der Waals surface area (Å²) in [6.45, 7) is 1.34. The third kappa shape index (κ3) is 5.38. The Labute approximate surface area is 242 Å². The molecule has 11 nitrogen and oxygen atoms in total. The van der Waals surface area contributed by atoms with Crippen molar-refractivity contribution in [3.63, 3.8) is 0 Å². The molecule has 1 aliphatic heterocycles. The topological polar surface area (TPSA) is 144 Å². The van der Waals surface area contributed by atoms with E-state index in [0.29, 0.717) is 64.4 Å². The fourth-order valence-corrected chi connectivity index (χ4v) is 5.18. The largest absolute Gasteiger partial charge is 0.494 e. The maximum absolute atomic E-state index is 12.7. The predicted octanol–water partition coefficient (Wildman–Crippen LogP) is 4.33. The number of ether oxygens (including phenoxy) is 3. The van der Waals surface area contributed by atoms with Gasteiger partial charge < -0.3 is 28.6 Å². The van der Waals surface area contributed by atoms with Crippen molar-refractivity contribution in [2.24, 2.45) is 0 Å². The molecule has 0 radical (unpaired) electrons. The molecule has 4 aromatic heterocycles. The van der Waals surface area contributed by atoms with Crippen LogP contribution in [0.25, 0.3) is 33.8 Å². The number of amides is 1. The van der Waals surface area contributed by atoms with Crippen LogP contribution in [0.2, 0.25) is 0 Å². The maximum atomic E-state index is 12.7. The van der Waals surface area contributed by atoms with E-state index in [4.69, 9.17) is 23.6 Å². The van der Waals surface area contributed by atoms with E-state index in [0.717, 1.165) is 36.8 Å². The van der Waals surface area contributed by atoms with Crippen LogP contribution in [0, 0.1) is 11.3 Å². The average molecular weight is 570 g/mol. The lowest BCUT2D eigenvalue weighted by Crippen LogP contribution is -2.29. The first-order valence-corrected chi connectivity index (χ1v) is 14.0. The van der Waals surface area contributed by atoms with Gasteiger partial charge in [0.2, 0.25) is 0 Å². The van der Waals surface area contributed by atoms with Crippen LogP contribution in [-0.2, 0) is 4.74 Å². The Hall–Kier alpha value is -4.53. The first-order valence-electron chi connectivity index (χ1n) is 14.0. The molecule has 11 heteroatoms. The monoisotopic (exact) mass is 569 g/mol. The average Bonchev–Trinajstić information content (AvgIpc) is 3.78. The summed E-state index contributed by atoms with van der Waals surface area (Å²) in [5, 5.41) is 19.1. The van der Waals surface area contributed by atoms with E-state index in [-0.39, 0.29) is 30.9 Å². The van der Waals surface area contributed by atoms with E-state index in [1.807, 2.05) is 12.3 Å². The smallest absolute Gasteiger partial charge is 0.255 e. The van der Waals surface area contributed by atoms with Gasteiger partial charge in [0.15, 0.2) is 22.8 Å². The summed E-state index contributed by atoms with van der Waals surface area (Å²) in [5.74, 6) is 1.30. The van der Waals surface area contributed by atoms with Gasteiger partial charge in [-0.1, -0.05) is 0 Å². The van der Waals surface area contributed by atoms with Gasteiger partial charge in [-0.3, -0.25) is 9.78 Å². The zero-order chi connectivity index (χ0) is 29.2. The van der Waals surface area contributed by atoms with Gasteiger partial charge in [-0.2, -0.15) is 5.26 Å². The number of nitrogens with zero attached hydrogens (tertiary/aromatic N) is 5. The summed E-state index contributed by atoms with van der Waals surface area (Å²) < 4.78 is 23.5. The highest BCUT2D eigenvalue weighted by molar-refractivity contribution is 5.96. The normalized spacial score (nSPS) is 15.4. The third-order valence-corrected chi connectivity index (χ3v) is 7.61. The van der Waals surface area contributed by atoms with Crippen LogP contribution < -0.4 is 9.47 Å². The highest BCUT2D eigenvalue weighted by atomic mass is 16.5. The summed E-state index contributed by atoms with van der Waals surface area (Å²) >= 11 is 0. The Morgan fingerprint density at radius 2 is 1.95 bits per heavy atom. The molecule has 2 fully saturated rings. The molecule has 0 bridgehead atoms. The molecule has 1 N–H and O–H groups in total. The van der Waals surface area contributed by atoms with E-state index in [1.165, 1.54) is 18.2 Å². The van der Waals surface area contributed by atoms with Crippen LogP contribution >= 0.6 is 0 Å². The molecule has 1 saturated carbocycles. The van der Waals surface area contributed by atoms with Crippen LogP contribution in [0.3, 0.4) is 0 Å². The Balaban J connectivity index is 1.40. The summed E-state index contributed by atoms with van der Waals surface area (Å²) in [4.78, 5) is 28.0. The van der Waals surface area contributed by atoms with Gasteiger partial charge in [0.1, 0.15) is 29.1 Å². The second-order valence-corrected chi connectivity index (χ2v) is 10.5. The Morgan fingerprint density at radius 1 is 1.14 bits per heavy atom. The summed E-state index contributed by atoms with van der Waals surface area (Å²) in [5.41, 5.74) is 4.52. The number of hydrogen-bond donors (Lipinski definition) is 1. The van der Waals surface area contributed by atoms with Gasteiger partial charge in [0.25, 0.3) is 5.91 Å². The van der Waals surface area contributed by atoms with Crippen molar-refractivity contribution in [3.05, 3.63) is 53.5 Å². The van der Waals surface area contributed by atoms with Crippen molar-refractivity contribution < 1.29 is 28.5 Å². The van der Waals surface area contributed by atoms with Gasteiger partial charge in [-0.15, -0.1) is 0 Å². The molecule has 42 heavy (non-hydrogen) atoms. The third-order valence-electron chi connectivity index (χ3n) is 7.61. The molecule has 4 aromatic rings. The Kier molecular flexibility index (Phi) is 7.73. The minimum atomic E-state index is -0.285. The first-order chi connectivity index (χ1) is 20.5. The number of nitriles is 1. The van der Waals surface area contributed by atoms with E-state index in [2.05, 4.69) is 16.0 Å². The SMILES string of the molecule is COc1cc(C(=O)N(C)CCO)cnc1-c1cc2ncc(C3CC3)c(-c3ccc(OC4CCOCC4)c(C#N)n3)c2o1. The number of methoxy groups -OCH3 is 1. The Bertz CT molecular complexity index is 1670. The van der Waals surface area contributed by atoms with E-state index in [9.17, 15) is 15.2 Å². The summed E-state index contributed by atoms with van der Waals surface area (Å²) in [6, 6.07) is 9.25. The van der Waals surface area contributed by atoms with E-state index in [1.54, 1.807) is 25.2 Å². The van der Waals surface area contributed by atoms with Crippen LogP contribution in [-0.4, -0.2) is 77.5 Å². The zero-order valence-electron chi connectivity index (χ0n) is 23.5. The number of likely N-dealkylation sites (N-methyl/N-ethyl adjacent to an activating group) is 1. The molecule has 2 aliphatic rings. The van der Waals surface area contributed by atoms with Crippen molar-refractivity contribution in [2.75, 3.05) is 40.5 Å². The molecular formula is C31H31N5O6. The molecule has 1 saturated heterocycles. The zero-order valence-corrected chi connectivity index (χ0v) is 23.5. The van der Waals surface area contributed by atoms with Gasteiger partial charge in [-0.05, 0) is 42.5 Å². The van der Waals surface area contributed by atoms with Crippen molar-refractivity contribution in [1.82, 2.24) is 19.9 Å². The lowest BCUT2D eigenvalue weighted by atomic mass is 10.0. The second kappa shape index (κ2) is 11.8. The van der Waals surface area contributed by atoms with Crippen LogP contribution in [0.4, 0.5) is 0 Å². The molecular weight excluding hydrogens is 538 g/mol. The molecule has 1 aliphatic carbocycles. The lowest BCUT2D eigenvalue weighted by molar-refractivity contribution is 0.0253. The van der Waals surface area contributed by atoms with Crippen LogP contribution in [0.1, 0.15) is 53.2 Å². The van der Waals surface area contributed by atoms with E-state index < -0.39 is 0 Å². The van der Waals surface area contributed by atoms with Gasteiger partial charge in [-0.25, -0.2) is 9.97 Å². The fraction of sp³-hybridized carbons (Fsp3) is 0.387. The molecule has 0 atom stereocenters. The predicted molar refractivity (Wildman–Crippen MR) is 152 cm³/mol. The minimum Gasteiger partial charge on any atom is -0.494 e. The van der Waals surface area contributed by atoms with Crippen LogP contribution in [0.15, 0.2) is 41.1 Å².